The molecule has 1 saturated heterocycles. The van der Waals surface area contributed by atoms with Crippen molar-refractivity contribution in [3.8, 4) is 5.75 Å². The standard InChI is InChI=1S/C13H16FNO3/c1-13(4-3-5-15-13)8-6-9(12(17)18-2)11(16)10(14)7-8/h6-7,15-16H,3-5H2,1-2H3. The van der Waals surface area contributed by atoms with E-state index in [1.54, 1.807) is 0 Å². The van der Waals surface area contributed by atoms with E-state index in [-0.39, 0.29) is 11.1 Å². The van der Waals surface area contributed by atoms with Gasteiger partial charge >= 0.3 is 5.97 Å². The molecule has 18 heavy (non-hydrogen) atoms. The van der Waals surface area contributed by atoms with Crippen molar-refractivity contribution in [2.45, 2.75) is 25.3 Å². The molecule has 5 heteroatoms. The van der Waals surface area contributed by atoms with Gasteiger partial charge in [-0.15, -0.1) is 0 Å². The van der Waals surface area contributed by atoms with Crippen molar-refractivity contribution in [1.82, 2.24) is 5.32 Å². The van der Waals surface area contributed by atoms with Gasteiger partial charge in [0.15, 0.2) is 11.6 Å². The monoisotopic (exact) mass is 253 g/mol. The smallest absolute Gasteiger partial charge is 0.341 e. The average molecular weight is 253 g/mol. The van der Waals surface area contributed by atoms with Gasteiger partial charge in [0, 0.05) is 5.54 Å². The fraction of sp³-hybridized carbons (Fsp3) is 0.462. The maximum Gasteiger partial charge on any atom is 0.341 e. The van der Waals surface area contributed by atoms with Crippen molar-refractivity contribution in [2.75, 3.05) is 13.7 Å². The molecule has 1 heterocycles. The van der Waals surface area contributed by atoms with E-state index in [1.807, 2.05) is 6.92 Å². The van der Waals surface area contributed by atoms with Crippen molar-refractivity contribution in [1.29, 1.82) is 0 Å². The molecule has 2 rings (SSSR count). The second-order valence-electron chi connectivity index (χ2n) is 4.71. The number of rotatable bonds is 2. The lowest BCUT2D eigenvalue weighted by Gasteiger charge is -2.25. The van der Waals surface area contributed by atoms with Gasteiger partial charge in [-0.25, -0.2) is 9.18 Å². The summed E-state index contributed by atoms with van der Waals surface area (Å²) in [5.41, 5.74) is 0.148. The number of esters is 1. The Morgan fingerprint density at radius 1 is 1.56 bits per heavy atom. The van der Waals surface area contributed by atoms with E-state index in [9.17, 15) is 14.3 Å². The molecule has 98 valence electrons. The molecule has 0 amide bonds. The highest BCUT2D eigenvalue weighted by atomic mass is 19.1. The van der Waals surface area contributed by atoms with Crippen LogP contribution in [-0.2, 0) is 10.3 Å². The first kappa shape index (κ1) is 12.8. The molecule has 0 saturated carbocycles. The number of halogens is 1. The molecule has 1 unspecified atom stereocenters. The Morgan fingerprint density at radius 2 is 2.28 bits per heavy atom. The first-order valence-electron chi connectivity index (χ1n) is 5.84. The van der Waals surface area contributed by atoms with E-state index in [0.29, 0.717) is 5.56 Å². The zero-order valence-electron chi connectivity index (χ0n) is 10.4. The summed E-state index contributed by atoms with van der Waals surface area (Å²) in [5, 5.41) is 12.8. The SMILES string of the molecule is COC(=O)c1cc(C2(C)CCCN2)cc(F)c1O. The minimum Gasteiger partial charge on any atom is -0.504 e. The highest BCUT2D eigenvalue weighted by molar-refractivity contribution is 5.92. The summed E-state index contributed by atoms with van der Waals surface area (Å²) in [6, 6.07) is 2.75. The first-order valence-corrected chi connectivity index (χ1v) is 5.84. The number of hydrogen-bond donors (Lipinski definition) is 2. The van der Waals surface area contributed by atoms with Gasteiger partial charge in [0.1, 0.15) is 5.56 Å². The predicted molar refractivity (Wildman–Crippen MR) is 64.0 cm³/mol. The summed E-state index contributed by atoms with van der Waals surface area (Å²) in [6.45, 7) is 2.80. The van der Waals surface area contributed by atoms with Crippen molar-refractivity contribution >= 4 is 5.97 Å². The van der Waals surface area contributed by atoms with Crippen LogP contribution in [0.1, 0.15) is 35.7 Å². The highest BCUT2D eigenvalue weighted by Gasteiger charge is 2.32. The third-order valence-electron chi connectivity index (χ3n) is 3.47. The van der Waals surface area contributed by atoms with Gasteiger partial charge in [-0.05, 0) is 44.0 Å². The average Bonchev–Trinajstić information content (AvgIpc) is 2.79. The summed E-state index contributed by atoms with van der Waals surface area (Å²) < 4.78 is 18.2. The molecule has 1 fully saturated rings. The molecular weight excluding hydrogens is 237 g/mol. The molecule has 0 bridgehead atoms. The zero-order valence-corrected chi connectivity index (χ0v) is 10.4. The molecule has 0 radical (unpaired) electrons. The van der Waals surface area contributed by atoms with Gasteiger partial charge in [0.25, 0.3) is 0 Å². The third kappa shape index (κ3) is 2.06. The van der Waals surface area contributed by atoms with E-state index in [0.717, 1.165) is 19.4 Å². The minimum atomic E-state index is -0.803. The van der Waals surface area contributed by atoms with Crippen LogP contribution in [0.15, 0.2) is 12.1 Å². The number of aromatic hydroxyl groups is 1. The predicted octanol–water partition coefficient (Wildman–Crippen LogP) is 1.92. The number of methoxy groups -OCH3 is 1. The third-order valence-corrected chi connectivity index (χ3v) is 3.47. The van der Waals surface area contributed by atoms with Crippen LogP contribution in [0.4, 0.5) is 4.39 Å². The number of nitrogens with one attached hydrogen (secondary N) is 1. The lowest BCUT2D eigenvalue weighted by atomic mass is 9.89. The molecule has 0 aliphatic carbocycles. The number of carbonyl (C=O) groups excluding carboxylic acids is 1. The van der Waals surface area contributed by atoms with Gasteiger partial charge in [-0.2, -0.15) is 0 Å². The van der Waals surface area contributed by atoms with Crippen LogP contribution in [0, 0.1) is 5.82 Å². The Labute approximate surface area is 105 Å². The van der Waals surface area contributed by atoms with Crippen LogP contribution in [-0.4, -0.2) is 24.7 Å². The maximum absolute atomic E-state index is 13.7. The Kier molecular flexibility index (Phi) is 3.26. The molecule has 1 aliphatic heterocycles. The van der Waals surface area contributed by atoms with Gasteiger partial charge in [0.05, 0.1) is 7.11 Å². The summed E-state index contributed by atoms with van der Waals surface area (Å²) in [4.78, 5) is 11.5. The number of phenols is 1. The van der Waals surface area contributed by atoms with E-state index in [1.165, 1.54) is 19.2 Å². The molecule has 0 aromatic heterocycles. The van der Waals surface area contributed by atoms with Crippen LogP contribution < -0.4 is 5.32 Å². The summed E-state index contributed by atoms with van der Waals surface area (Å²) in [7, 11) is 1.20. The van der Waals surface area contributed by atoms with Gasteiger partial charge in [0.2, 0.25) is 0 Å². The summed E-state index contributed by atoms with van der Waals surface area (Å²) in [5.74, 6) is -2.20. The van der Waals surface area contributed by atoms with Crippen molar-refractivity contribution in [3.05, 3.63) is 29.1 Å². The van der Waals surface area contributed by atoms with E-state index in [2.05, 4.69) is 10.1 Å². The second-order valence-corrected chi connectivity index (χ2v) is 4.71. The largest absolute Gasteiger partial charge is 0.504 e. The quantitative estimate of drug-likeness (QED) is 0.790. The van der Waals surface area contributed by atoms with Crippen molar-refractivity contribution in [3.63, 3.8) is 0 Å². The highest BCUT2D eigenvalue weighted by Crippen LogP contribution is 2.34. The molecule has 1 aromatic rings. The Bertz CT molecular complexity index is 481. The number of carbonyl (C=O) groups is 1. The van der Waals surface area contributed by atoms with Crippen LogP contribution in [0.25, 0.3) is 0 Å². The molecule has 0 spiro atoms. The van der Waals surface area contributed by atoms with Crippen LogP contribution in [0.2, 0.25) is 0 Å². The van der Waals surface area contributed by atoms with E-state index < -0.39 is 17.5 Å². The molecular formula is C13H16FNO3. The topological polar surface area (TPSA) is 58.6 Å². The summed E-state index contributed by atoms with van der Waals surface area (Å²) in [6.07, 6.45) is 1.85. The number of hydrogen-bond acceptors (Lipinski definition) is 4. The van der Waals surface area contributed by atoms with Gasteiger partial charge < -0.3 is 15.2 Å². The number of phenolic OH excluding ortho intramolecular Hbond substituents is 1. The molecule has 1 aromatic carbocycles. The van der Waals surface area contributed by atoms with Crippen LogP contribution >= 0.6 is 0 Å². The molecule has 4 nitrogen and oxygen atoms in total. The maximum atomic E-state index is 13.7. The zero-order chi connectivity index (χ0) is 13.3. The van der Waals surface area contributed by atoms with Gasteiger partial charge in [-0.3, -0.25) is 0 Å². The van der Waals surface area contributed by atoms with Crippen LogP contribution in [0.5, 0.6) is 5.75 Å². The first-order chi connectivity index (χ1) is 8.48. The lowest BCUT2D eigenvalue weighted by Crippen LogP contribution is -2.33. The van der Waals surface area contributed by atoms with Crippen LogP contribution in [0.3, 0.4) is 0 Å². The Hall–Kier alpha value is -1.62. The molecule has 2 N–H and O–H groups in total. The van der Waals surface area contributed by atoms with Crippen molar-refractivity contribution < 1.29 is 19.0 Å². The van der Waals surface area contributed by atoms with E-state index >= 15 is 0 Å². The normalized spacial score (nSPS) is 23.1. The summed E-state index contributed by atoms with van der Waals surface area (Å²) >= 11 is 0. The van der Waals surface area contributed by atoms with Crippen molar-refractivity contribution in [2.24, 2.45) is 0 Å². The van der Waals surface area contributed by atoms with E-state index in [4.69, 9.17) is 0 Å². The number of benzene rings is 1. The fourth-order valence-electron chi connectivity index (χ4n) is 2.32. The van der Waals surface area contributed by atoms with Gasteiger partial charge in [-0.1, -0.05) is 0 Å². The Balaban J connectivity index is 2.50. The minimum absolute atomic E-state index is 0.137. The molecule has 1 aliphatic rings. The number of ether oxygens (including phenoxy) is 1. The lowest BCUT2D eigenvalue weighted by molar-refractivity contribution is 0.0596. The second kappa shape index (κ2) is 4.57. The molecule has 1 atom stereocenters. The Morgan fingerprint density at radius 3 is 2.83 bits per heavy atom. The fourth-order valence-corrected chi connectivity index (χ4v) is 2.32.